The highest BCUT2D eigenvalue weighted by Crippen LogP contribution is 2.40. The van der Waals surface area contributed by atoms with Gasteiger partial charge in [-0.05, 0) is 61.0 Å². The highest BCUT2D eigenvalue weighted by atomic mass is 16.5. The molecule has 5 rings (SSSR count). The van der Waals surface area contributed by atoms with Crippen molar-refractivity contribution in [3.05, 3.63) is 96.6 Å². The van der Waals surface area contributed by atoms with E-state index in [2.05, 4.69) is 53.5 Å². The Morgan fingerprint density at radius 3 is 2.35 bits per heavy atom. The van der Waals surface area contributed by atoms with Gasteiger partial charge in [0, 0.05) is 16.3 Å². The van der Waals surface area contributed by atoms with E-state index in [9.17, 15) is 0 Å². The minimum absolute atomic E-state index is 0.717. The number of H-pyrrole nitrogens is 1. The van der Waals surface area contributed by atoms with Crippen molar-refractivity contribution in [2.24, 2.45) is 5.73 Å². The molecule has 3 N–H and O–H groups in total. The van der Waals surface area contributed by atoms with Gasteiger partial charge in [-0.15, -0.1) is 0 Å². The lowest BCUT2D eigenvalue weighted by molar-refractivity contribution is 0.484. The highest BCUT2D eigenvalue weighted by Gasteiger charge is 2.18. The zero-order valence-corrected chi connectivity index (χ0v) is 17.5. The third-order valence-corrected chi connectivity index (χ3v) is 5.81. The molecule has 154 valence electrons. The summed E-state index contributed by atoms with van der Waals surface area (Å²) in [6.45, 7) is 0.717. The van der Waals surface area contributed by atoms with E-state index in [0.717, 1.165) is 42.0 Å². The summed E-state index contributed by atoms with van der Waals surface area (Å²) in [6, 6.07) is 31.2. The number of benzene rings is 4. The predicted molar refractivity (Wildman–Crippen MR) is 130 cm³/mol. The number of nitrogens with one attached hydrogen (secondary N) is 1. The van der Waals surface area contributed by atoms with Crippen molar-refractivity contribution in [1.29, 1.82) is 0 Å². The largest absolute Gasteiger partial charge is 0.457 e. The van der Waals surface area contributed by atoms with Gasteiger partial charge in [-0.25, -0.2) is 0 Å². The third-order valence-electron chi connectivity index (χ3n) is 5.81. The Kier molecular flexibility index (Phi) is 5.42. The smallest absolute Gasteiger partial charge is 0.136 e. The molecular weight excluding hydrogens is 380 g/mol. The lowest BCUT2D eigenvalue weighted by Crippen LogP contribution is -1.99. The number of aromatic amines is 1. The van der Waals surface area contributed by atoms with Gasteiger partial charge in [0.25, 0.3) is 0 Å². The molecule has 3 heteroatoms. The average molecular weight is 407 g/mol. The van der Waals surface area contributed by atoms with Crippen molar-refractivity contribution in [2.45, 2.75) is 19.3 Å². The first-order chi connectivity index (χ1) is 15.3. The molecule has 0 bridgehead atoms. The van der Waals surface area contributed by atoms with Crippen LogP contribution in [0.1, 0.15) is 18.4 Å². The summed E-state index contributed by atoms with van der Waals surface area (Å²) < 4.78 is 6.29. The monoisotopic (exact) mass is 406 g/mol. The van der Waals surface area contributed by atoms with E-state index in [1.165, 1.54) is 27.2 Å². The molecule has 4 aromatic carbocycles. The second-order valence-corrected chi connectivity index (χ2v) is 7.84. The van der Waals surface area contributed by atoms with Crippen molar-refractivity contribution < 1.29 is 4.74 Å². The van der Waals surface area contributed by atoms with E-state index in [0.29, 0.717) is 6.54 Å². The Labute approximate surface area is 182 Å². The minimum Gasteiger partial charge on any atom is -0.457 e. The molecule has 0 saturated carbocycles. The summed E-state index contributed by atoms with van der Waals surface area (Å²) in [7, 11) is 0. The van der Waals surface area contributed by atoms with Gasteiger partial charge in [0.2, 0.25) is 0 Å². The van der Waals surface area contributed by atoms with Crippen molar-refractivity contribution >= 4 is 21.7 Å². The van der Waals surface area contributed by atoms with E-state index >= 15 is 0 Å². The fourth-order valence-electron chi connectivity index (χ4n) is 4.31. The minimum atomic E-state index is 0.717. The van der Waals surface area contributed by atoms with Gasteiger partial charge in [-0.1, -0.05) is 66.7 Å². The van der Waals surface area contributed by atoms with Gasteiger partial charge < -0.3 is 15.5 Å². The van der Waals surface area contributed by atoms with Crippen LogP contribution in [-0.2, 0) is 6.42 Å². The lowest BCUT2D eigenvalue weighted by atomic mass is 9.98. The van der Waals surface area contributed by atoms with Gasteiger partial charge in [0.15, 0.2) is 0 Å². The summed E-state index contributed by atoms with van der Waals surface area (Å²) in [6.07, 6.45) is 3.05. The van der Waals surface area contributed by atoms with Crippen LogP contribution in [-0.4, -0.2) is 11.5 Å². The van der Waals surface area contributed by atoms with Gasteiger partial charge in [-0.2, -0.15) is 0 Å². The normalized spacial score (nSPS) is 11.3. The maximum atomic E-state index is 6.29. The SMILES string of the molecule is NCCCCc1c(-c2ccccc2Oc2ccccc2)[nH]c2c1ccc1ccccc12. The molecule has 1 heterocycles. The Hall–Kier alpha value is -3.56. The number of hydrogen-bond acceptors (Lipinski definition) is 2. The highest BCUT2D eigenvalue weighted by molar-refractivity contribution is 6.09. The maximum absolute atomic E-state index is 6.29. The van der Waals surface area contributed by atoms with Crippen molar-refractivity contribution in [1.82, 2.24) is 4.98 Å². The van der Waals surface area contributed by atoms with E-state index in [1.807, 2.05) is 42.5 Å². The molecule has 1 aromatic heterocycles. The Balaban J connectivity index is 1.69. The van der Waals surface area contributed by atoms with E-state index in [-0.39, 0.29) is 0 Å². The molecule has 0 radical (unpaired) electrons. The van der Waals surface area contributed by atoms with Crippen LogP contribution in [0, 0.1) is 0 Å². The van der Waals surface area contributed by atoms with E-state index in [1.54, 1.807) is 0 Å². The molecule has 0 amide bonds. The van der Waals surface area contributed by atoms with Crippen LogP contribution in [0.5, 0.6) is 11.5 Å². The first kappa shape index (κ1) is 19.4. The van der Waals surface area contributed by atoms with Crippen LogP contribution < -0.4 is 10.5 Å². The Morgan fingerprint density at radius 2 is 1.48 bits per heavy atom. The molecule has 0 aliphatic carbocycles. The van der Waals surface area contributed by atoms with E-state index in [4.69, 9.17) is 10.5 Å². The average Bonchev–Trinajstić information content (AvgIpc) is 3.19. The number of aryl methyl sites for hydroxylation is 1. The molecular formula is C28H26N2O. The predicted octanol–water partition coefficient (Wildman–Crippen LogP) is 7.06. The quantitative estimate of drug-likeness (QED) is 0.284. The number of ether oxygens (including phenoxy) is 1. The van der Waals surface area contributed by atoms with Crippen LogP contribution in [0.4, 0.5) is 0 Å². The van der Waals surface area contributed by atoms with Crippen LogP contribution in [0.2, 0.25) is 0 Å². The Morgan fingerprint density at radius 1 is 0.710 bits per heavy atom. The number of aromatic nitrogens is 1. The topological polar surface area (TPSA) is 51.0 Å². The first-order valence-electron chi connectivity index (χ1n) is 10.9. The zero-order chi connectivity index (χ0) is 21.0. The summed E-state index contributed by atoms with van der Waals surface area (Å²) in [5.41, 5.74) is 10.5. The van der Waals surface area contributed by atoms with Gasteiger partial charge >= 0.3 is 0 Å². The number of unbranched alkanes of at least 4 members (excludes halogenated alkanes) is 1. The second kappa shape index (κ2) is 8.66. The molecule has 0 spiro atoms. The molecule has 0 aliphatic rings. The Bertz CT molecular complexity index is 1320. The number of fused-ring (bicyclic) bond motifs is 3. The van der Waals surface area contributed by atoms with Crippen molar-refractivity contribution in [3.63, 3.8) is 0 Å². The molecule has 0 aliphatic heterocycles. The summed E-state index contributed by atoms with van der Waals surface area (Å²) in [5.74, 6) is 1.69. The number of nitrogens with two attached hydrogens (primary N) is 1. The molecule has 0 unspecified atom stereocenters. The van der Waals surface area contributed by atoms with E-state index < -0.39 is 0 Å². The van der Waals surface area contributed by atoms with Gasteiger partial charge in [0.05, 0.1) is 11.2 Å². The van der Waals surface area contributed by atoms with Crippen LogP contribution in [0.3, 0.4) is 0 Å². The van der Waals surface area contributed by atoms with Crippen LogP contribution in [0.25, 0.3) is 32.9 Å². The number of rotatable bonds is 7. The molecule has 0 saturated heterocycles. The molecule has 5 aromatic rings. The van der Waals surface area contributed by atoms with Crippen molar-refractivity contribution in [2.75, 3.05) is 6.54 Å². The molecule has 0 atom stereocenters. The zero-order valence-electron chi connectivity index (χ0n) is 17.5. The fraction of sp³-hybridized carbons (Fsp3) is 0.143. The summed E-state index contributed by atoms with van der Waals surface area (Å²) >= 11 is 0. The summed E-state index contributed by atoms with van der Waals surface area (Å²) in [4.78, 5) is 3.77. The number of hydrogen-bond donors (Lipinski definition) is 2. The maximum Gasteiger partial charge on any atom is 0.136 e. The van der Waals surface area contributed by atoms with Gasteiger partial charge in [-0.3, -0.25) is 0 Å². The lowest BCUT2D eigenvalue weighted by Gasteiger charge is -2.12. The number of para-hydroxylation sites is 2. The van der Waals surface area contributed by atoms with Gasteiger partial charge in [0.1, 0.15) is 11.5 Å². The summed E-state index contributed by atoms with van der Waals surface area (Å²) in [5, 5.41) is 3.76. The standard InChI is InChI=1S/C28H26N2O/c29-19-9-8-14-23-24-18-17-20-10-4-5-13-22(20)27(24)30-28(23)25-15-6-7-16-26(25)31-21-11-2-1-3-12-21/h1-7,10-13,15-18,30H,8-9,14,19,29H2. The second-order valence-electron chi connectivity index (χ2n) is 7.84. The molecule has 3 nitrogen and oxygen atoms in total. The molecule has 31 heavy (non-hydrogen) atoms. The fourth-order valence-corrected chi connectivity index (χ4v) is 4.31. The third kappa shape index (κ3) is 3.80. The van der Waals surface area contributed by atoms with Crippen LogP contribution >= 0.6 is 0 Å². The first-order valence-corrected chi connectivity index (χ1v) is 10.9. The molecule has 0 fully saturated rings. The van der Waals surface area contributed by atoms with Crippen molar-refractivity contribution in [3.8, 4) is 22.8 Å². The van der Waals surface area contributed by atoms with Crippen LogP contribution in [0.15, 0.2) is 91.0 Å².